The fourth-order valence-corrected chi connectivity index (χ4v) is 2.12. The number of carbonyl (C=O) groups is 1. The predicted molar refractivity (Wildman–Crippen MR) is 55.8 cm³/mol. The third-order valence-corrected chi connectivity index (χ3v) is 2.99. The zero-order chi connectivity index (χ0) is 11.0. The molecule has 1 aliphatic carbocycles. The van der Waals surface area contributed by atoms with Gasteiger partial charge < -0.3 is 9.84 Å². The molecule has 0 aromatic heterocycles. The van der Waals surface area contributed by atoms with Crippen LogP contribution in [0, 0.1) is 12.8 Å². The molecule has 0 spiro atoms. The lowest BCUT2D eigenvalue weighted by atomic mass is 10.1. The maximum atomic E-state index is 11.4. The molecule has 1 N–H and O–H groups in total. The van der Waals surface area contributed by atoms with E-state index in [9.17, 15) is 9.90 Å². The van der Waals surface area contributed by atoms with Gasteiger partial charge in [0.1, 0.15) is 5.75 Å². The third kappa shape index (κ3) is 1.69. The highest BCUT2D eigenvalue weighted by molar-refractivity contribution is 5.74. The molecule has 15 heavy (non-hydrogen) atoms. The average Bonchev–Trinajstić information content (AvgIpc) is 2.60. The SMILES string of the molecule is COC(=O)C1Cc2cc(C)c(O)cc2C1. The van der Waals surface area contributed by atoms with Crippen LogP contribution in [0.5, 0.6) is 5.75 Å². The first-order valence-corrected chi connectivity index (χ1v) is 5.01. The molecule has 2 rings (SSSR count). The van der Waals surface area contributed by atoms with Crippen molar-refractivity contribution in [3.63, 3.8) is 0 Å². The molecule has 3 heteroatoms. The topological polar surface area (TPSA) is 46.5 Å². The largest absolute Gasteiger partial charge is 0.508 e. The van der Waals surface area contributed by atoms with Crippen LogP contribution < -0.4 is 0 Å². The van der Waals surface area contributed by atoms with E-state index in [1.165, 1.54) is 7.11 Å². The number of ether oxygens (including phenoxy) is 1. The molecule has 1 atom stereocenters. The summed E-state index contributed by atoms with van der Waals surface area (Å²) in [6.45, 7) is 1.86. The number of esters is 1. The highest BCUT2D eigenvalue weighted by atomic mass is 16.5. The second-order valence-corrected chi connectivity index (χ2v) is 4.04. The molecule has 0 heterocycles. The van der Waals surface area contributed by atoms with E-state index in [0.29, 0.717) is 12.2 Å². The standard InChI is InChI=1S/C12H14O3/c1-7-3-8-4-10(12(14)15-2)5-9(8)6-11(7)13/h3,6,10,13H,4-5H2,1-2H3. The Bertz CT molecular complexity index is 379. The van der Waals surface area contributed by atoms with Gasteiger partial charge in [0.05, 0.1) is 13.0 Å². The predicted octanol–water partition coefficient (Wildman–Crippen LogP) is 1.59. The number of benzene rings is 1. The first-order valence-electron chi connectivity index (χ1n) is 5.01. The van der Waals surface area contributed by atoms with E-state index in [-0.39, 0.29) is 11.9 Å². The fraction of sp³-hybridized carbons (Fsp3) is 0.417. The highest BCUT2D eigenvalue weighted by Gasteiger charge is 2.28. The van der Waals surface area contributed by atoms with Crippen LogP contribution in [0.25, 0.3) is 0 Å². The third-order valence-electron chi connectivity index (χ3n) is 2.99. The molecule has 0 aliphatic heterocycles. The Labute approximate surface area is 88.7 Å². The molecule has 0 fully saturated rings. The van der Waals surface area contributed by atoms with Crippen molar-refractivity contribution in [3.8, 4) is 5.75 Å². The zero-order valence-corrected chi connectivity index (χ0v) is 8.91. The Morgan fingerprint density at radius 3 is 2.60 bits per heavy atom. The number of aryl methyl sites for hydroxylation is 1. The zero-order valence-electron chi connectivity index (χ0n) is 8.91. The Morgan fingerprint density at radius 2 is 2.00 bits per heavy atom. The summed E-state index contributed by atoms with van der Waals surface area (Å²) in [5.74, 6) is 0.0637. The molecule has 0 radical (unpaired) electrons. The minimum Gasteiger partial charge on any atom is -0.508 e. The number of rotatable bonds is 1. The molecule has 3 nitrogen and oxygen atoms in total. The number of hydrogen-bond donors (Lipinski definition) is 1. The molecular formula is C12H14O3. The second kappa shape index (κ2) is 3.57. The summed E-state index contributed by atoms with van der Waals surface area (Å²) >= 11 is 0. The van der Waals surface area contributed by atoms with Gasteiger partial charge in [-0.3, -0.25) is 4.79 Å². The minimum atomic E-state index is -0.164. The maximum absolute atomic E-state index is 11.4. The van der Waals surface area contributed by atoms with Gasteiger partial charge in [-0.2, -0.15) is 0 Å². The Hall–Kier alpha value is -1.51. The summed E-state index contributed by atoms with van der Waals surface area (Å²) in [4.78, 5) is 11.4. The maximum Gasteiger partial charge on any atom is 0.309 e. The van der Waals surface area contributed by atoms with Crippen molar-refractivity contribution < 1.29 is 14.6 Å². The lowest BCUT2D eigenvalue weighted by Crippen LogP contribution is -2.15. The summed E-state index contributed by atoms with van der Waals surface area (Å²) in [6, 6.07) is 3.71. The molecular weight excluding hydrogens is 192 g/mol. The van der Waals surface area contributed by atoms with Gasteiger partial charge in [0, 0.05) is 0 Å². The van der Waals surface area contributed by atoms with Gasteiger partial charge >= 0.3 is 5.97 Å². The quantitative estimate of drug-likeness (QED) is 0.710. The van der Waals surface area contributed by atoms with Crippen LogP contribution in [-0.2, 0) is 22.4 Å². The van der Waals surface area contributed by atoms with Gasteiger partial charge in [0.2, 0.25) is 0 Å². The summed E-state index contributed by atoms with van der Waals surface area (Å²) in [5.41, 5.74) is 3.08. The number of phenols is 1. The number of phenolic OH excluding ortho intramolecular Hbond substituents is 1. The van der Waals surface area contributed by atoms with Gasteiger partial charge in [-0.05, 0) is 42.5 Å². The number of hydrogen-bond acceptors (Lipinski definition) is 3. The van der Waals surface area contributed by atoms with E-state index < -0.39 is 0 Å². The van der Waals surface area contributed by atoms with Crippen molar-refractivity contribution in [1.29, 1.82) is 0 Å². The summed E-state index contributed by atoms with van der Waals surface area (Å²) in [6.07, 6.45) is 1.40. The molecule has 1 aromatic carbocycles. The molecule has 0 amide bonds. The van der Waals surface area contributed by atoms with Gasteiger partial charge in [0.25, 0.3) is 0 Å². The number of methoxy groups -OCH3 is 1. The Balaban J connectivity index is 2.27. The average molecular weight is 206 g/mol. The van der Waals surface area contributed by atoms with Crippen LogP contribution in [-0.4, -0.2) is 18.2 Å². The van der Waals surface area contributed by atoms with Gasteiger partial charge in [-0.15, -0.1) is 0 Å². The van der Waals surface area contributed by atoms with Crippen molar-refractivity contribution in [1.82, 2.24) is 0 Å². The Kier molecular flexibility index (Phi) is 2.39. The van der Waals surface area contributed by atoms with Crippen molar-refractivity contribution >= 4 is 5.97 Å². The molecule has 0 bridgehead atoms. The molecule has 1 aliphatic rings. The molecule has 1 unspecified atom stereocenters. The first kappa shape index (κ1) is 10.0. The fourth-order valence-electron chi connectivity index (χ4n) is 2.12. The molecule has 0 saturated carbocycles. The van der Waals surface area contributed by atoms with E-state index in [0.717, 1.165) is 23.1 Å². The molecule has 80 valence electrons. The van der Waals surface area contributed by atoms with Crippen LogP contribution in [0.4, 0.5) is 0 Å². The summed E-state index contributed by atoms with van der Waals surface area (Å²) in [5, 5.41) is 9.55. The second-order valence-electron chi connectivity index (χ2n) is 4.04. The minimum absolute atomic E-state index is 0.0776. The van der Waals surface area contributed by atoms with Gasteiger partial charge in [-0.1, -0.05) is 6.07 Å². The van der Waals surface area contributed by atoms with Gasteiger partial charge in [-0.25, -0.2) is 0 Å². The lowest BCUT2D eigenvalue weighted by Gasteiger charge is -2.04. The van der Waals surface area contributed by atoms with Crippen LogP contribution in [0.2, 0.25) is 0 Å². The monoisotopic (exact) mass is 206 g/mol. The van der Waals surface area contributed by atoms with Crippen molar-refractivity contribution in [2.24, 2.45) is 5.92 Å². The van der Waals surface area contributed by atoms with Crippen molar-refractivity contribution in [2.45, 2.75) is 19.8 Å². The Morgan fingerprint density at radius 1 is 1.40 bits per heavy atom. The molecule has 1 aromatic rings. The number of carbonyl (C=O) groups excluding carboxylic acids is 1. The van der Waals surface area contributed by atoms with Crippen molar-refractivity contribution in [3.05, 3.63) is 28.8 Å². The summed E-state index contributed by atoms with van der Waals surface area (Å²) in [7, 11) is 1.41. The number of fused-ring (bicyclic) bond motifs is 1. The van der Waals surface area contributed by atoms with E-state index in [4.69, 9.17) is 4.74 Å². The first-order chi connectivity index (χ1) is 7.11. The smallest absolute Gasteiger partial charge is 0.309 e. The lowest BCUT2D eigenvalue weighted by molar-refractivity contribution is -0.145. The van der Waals surface area contributed by atoms with E-state index in [1.54, 1.807) is 6.07 Å². The molecule has 0 saturated heterocycles. The van der Waals surface area contributed by atoms with Crippen molar-refractivity contribution in [2.75, 3.05) is 7.11 Å². The van der Waals surface area contributed by atoms with Crippen LogP contribution in [0.1, 0.15) is 16.7 Å². The van der Waals surface area contributed by atoms with E-state index >= 15 is 0 Å². The number of aromatic hydroxyl groups is 1. The van der Waals surface area contributed by atoms with Crippen LogP contribution in [0.15, 0.2) is 12.1 Å². The van der Waals surface area contributed by atoms with E-state index in [1.807, 2.05) is 13.0 Å². The van der Waals surface area contributed by atoms with E-state index in [2.05, 4.69) is 0 Å². The highest BCUT2D eigenvalue weighted by Crippen LogP contribution is 2.32. The van der Waals surface area contributed by atoms with Crippen LogP contribution in [0.3, 0.4) is 0 Å². The van der Waals surface area contributed by atoms with Crippen LogP contribution >= 0.6 is 0 Å². The normalized spacial score (nSPS) is 18.7. The summed E-state index contributed by atoms with van der Waals surface area (Å²) < 4.78 is 4.72. The van der Waals surface area contributed by atoms with Gasteiger partial charge in [0.15, 0.2) is 0 Å².